The average Bonchev–Trinajstić information content (AvgIpc) is 3.59. The first-order valence-electron chi connectivity index (χ1n) is 12.5. The van der Waals surface area contributed by atoms with E-state index in [0.717, 1.165) is 5.56 Å². The molecule has 1 saturated heterocycles. The molecule has 1 fully saturated rings. The van der Waals surface area contributed by atoms with Crippen molar-refractivity contribution in [2.45, 2.75) is 42.0 Å². The third kappa shape index (κ3) is 5.46. The van der Waals surface area contributed by atoms with Gasteiger partial charge in [-0.1, -0.05) is 60.7 Å². The minimum absolute atomic E-state index is 0.0855. The van der Waals surface area contributed by atoms with Gasteiger partial charge in [-0.25, -0.2) is 13.4 Å². The Morgan fingerprint density at radius 2 is 1.62 bits per heavy atom. The highest BCUT2D eigenvalue weighted by atomic mass is 32.2. The van der Waals surface area contributed by atoms with Gasteiger partial charge in [0.15, 0.2) is 15.4 Å². The number of hydrogen-bond donors (Lipinski definition) is 1. The number of oxazole rings is 1. The molecular formula is C29H27N3O6S. The summed E-state index contributed by atoms with van der Waals surface area (Å²) in [5, 5.41) is 1.81. The van der Waals surface area contributed by atoms with E-state index in [2.05, 4.69) is 10.3 Å². The molecule has 10 heteroatoms. The maximum atomic E-state index is 13.6. The van der Waals surface area contributed by atoms with Crippen molar-refractivity contribution in [3.05, 3.63) is 96.4 Å². The summed E-state index contributed by atoms with van der Waals surface area (Å²) in [5.41, 5.74) is 1.75. The summed E-state index contributed by atoms with van der Waals surface area (Å²) in [5.74, 6) is -1.70. The summed E-state index contributed by atoms with van der Waals surface area (Å²) >= 11 is 0. The van der Waals surface area contributed by atoms with Crippen molar-refractivity contribution < 1.29 is 27.2 Å². The molecule has 1 unspecified atom stereocenters. The molecule has 200 valence electrons. The monoisotopic (exact) mass is 545 g/mol. The van der Waals surface area contributed by atoms with E-state index in [1.165, 1.54) is 24.0 Å². The molecule has 4 aromatic rings. The van der Waals surface area contributed by atoms with Crippen LogP contribution in [0.5, 0.6) is 0 Å². The number of Topliss-reactive ketones (excluding diaryl/α,β-unsaturated/α-hetero) is 1. The van der Waals surface area contributed by atoms with Crippen LogP contribution in [0.25, 0.3) is 11.1 Å². The highest BCUT2D eigenvalue weighted by Crippen LogP contribution is 2.29. The summed E-state index contributed by atoms with van der Waals surface area (Å²) in [4.78, 5) is 45.3. The van der Waals surface area contributed by atoms with E-state index >= 15 is 0 Å². The molecular weight excluding hydrogens is 518 g/mol. The number of aromatic nitrogens is 1. The van der Waals surface area contributed by atoms with Gasteiger partial charge in [-0.3, -0.25) is 14.4 Å². The van der Waals surface area contributed by atoms with E-state index in [4.69, 9.17) is 4.42 Å². The van der Waals surface area contributed by atoms with Gasteiger partial charge in [0.25, 0.3) is 5.89 Å². The van der Waals surface area contributed by atoms with Gasteiger partial charge in [0.2, 0.25) is 17.6 Å². The Hall–Kier alpha value is -4.31. The van der Waals surface area contributed by atoms with Crippen LogP contribution in [0, 0.1) is 0 Å². The highest BCUT2D eigenvalue weighted by Gasteiger charge is 2.45. The van der Waals surface area contributed by atoms with Crippen molar-refractivity contribution in [1.29, 1.82) is 0 Å². The quantitative estimate of drug-likeness (QED) is 0.337. The van der Waals surface area contributed by atoms with Gasteiger partial charge < -0.3 is 14.6 Å². The lowest BCUT2D eigenvalue weighted by molar-refractivity contribution is -0.137. The Morgan fingerprint density at radius 3 is 2.28 bits per heavy atom. The third-order valence-corrected chi connectivity index (χ3v) is 9.05. The van der Waals surface area contributed by atoms with Crippen LogP contribution >= 0.6 is 0 Å². The number of likely N-dealkylation sites (tertiary alicyclic amines) is 1. The SMILES string of the molecule is CC(=O)N1C[C@H](S(=O)(=O)c2ccccc2)C[C@H]1C(=O)NC(Cc1ccccc1)C(=O)c1nc2ccccc2o1. The number of carbonyl (C=O) groups is 3. The number of hydrogen-bond acceptors (Lipinski definition) is 7. The lowest BCUT2D eigenvalue weighted by atomic mass is 10.0. The van der Waals surface area contributed by atoms with Crippen LogP contribution in [0.15, 0.2) is 94.2 Å². The largest absolute Gasteiger partial charge is 0.434 e. The van der Waals surface area contributed by atoms with Gasteiger partial charge in [-0.05, 0) is 36.2 Å². The molecule has 1 aliphatic heterocycles. The Labute approximate surface area is 225 Å². The van der Waals surface area contributed by atoms with Crippen LogP contribution in [0.2, 0.25) is 0 Å². The Morgan fingerprint density at radius 1 is 0.974 bits per heavy atom. The minimum Gasteiger partial charge on any atom is -0.434 e. The molecule has 9 nitrogen and oxygen atoms in total. The summed E-state index contributed by atoms with van der Waals surface area (Å²) in [6.07, 6.45) is 0.0699. The Balaban J connectivity index is 1.41. The van der Waals surface area contributed by atoms with E-state index in [9.17, 15) is 22.8 Å². The number of sulfone groups is 1. The normalized spacial score (nSPS) is 18.1. The fourth-order valence-corrected chi connectivity index (χ4v) is 6.59. The lowest BCUT2D eigenvalue weighted by Gasteiger charge is -2.24. The van der Waals surface area contributed by atoms with Crippen LogP contribution in [0.3, 0.4) is 0 Å². The van der Waals surface area contributed by atoms with Crippen molar-refractivity contribution in [1.82, 2.24) is 15.2 Å². The number of benzene rings is 3. The van der Waals surface area contributed by atoms with Crippen molar-refractivity contribution in [2.24, 2.45) is 0 Å². The Bertz CT molecular complexity index is 1590. The zero-order valence-corrected chi connectivity index (χ0v) is 22.0. The predicted molar refractivity (Wildman–Crippen MR) is 144 cm³/mol. The second-order valence-electron chi connectivity index (χ2n) is 9.50. The van der Waals surface area contributed by atoms with E-state index in [-0.39, 0.29) is 30.2 Å². The van der Waals surface area contributed by atoms with Gasteiger partial charge in [0.05, 0.1) is 10.1 Å². The number of nitrogens with zero attached hydrogens (tertiary/aromatic N) is 2. The van der Waals surface area contributed by atoms with E-state index in [1.807, 2.05) is 30.3 Å². The second-order valence-corrected chi connectivity index (χ2v) is 11.7. The molecule has 39 heavy (non-hydrogen) atoms. The van der Waals surface area contributed by atoms with Gasteiger partial charge >= 0.3 is 0 Å². The molecule has 2 heterocycles. The number of amides is 2. The maximum Gasteiger partial charge on any atom is 0.266 e. The zero-order chi connectivity index (χ0) is 27.6. The molecule has 3 atom stereocenters. The summed E-state index contributed by atoms with van der Waals surface area (Å²) < 4.78 is 32.2. The fourth-order valence-electron chi connectivity index (χ4n) is 4.88. The van der Waals surface area contributed by atoms with Crippen LogP contribution in [0.4, 0.5) is 0 Å². The van der Waals surface area contributed by atoms with Crippen LogP contribution in [-0.2, 0) is 25.8 Å². The van der Waals surface area contributed by atoms with E-state index < -0.39 is 44.8 Å². The summed E-state index contributed by atoms with van der Waals surface area (Å²) in [6.45, 7) is 1.18. The molecule has 0 saturated carbocycles. The molecule has 3 aromatic carbocycles. The van der Waals surface area contributed by atoms with Crippen LogP contribution < -0.4 is 5.32 Å². The van der Waals surface area contributed by atoms with Crippen molar-refractivity contribution >= 4 is 38.5 Å². The first-order chi connectivity index (χ1) is 18.7. The predicted octanol–water partition coefficient (Wildman–Crippen LogP) is 3.20. The Kier molecular flexibility index (Phi) is 7.30. The average molecular weight is 546 g/mol. The topological polar surface area (TPSA) is 127 Å². The van der Waals surface area contributed by atoms with E-state index in [1.54, 1.807) is 42.5 Å². The number of nitrogens with one attached hydrogen (secondary N) is 1. The first kappa shape index (κ1) is 26.3. The second kappa shape index (κ2) is 10.8. The highest BCUT2D eigenvalue weighted by molar-refractivity contribution is 7.92. The number of carbonyl (C=O) groups excluding carboxylic acids is 3. The fraction of sp³-hybridized carbons (Fsp3) is 0.241. The van der Waals surface area contributed by atoms with Gasteiger partial charge in [-0.15, -0.1) is 0 Å². The summed E-state index contributed by atoms with van der Waals surface area (Å²) in [7, 11) is -3.79. The van der Waals surface area contributed by atoms with Gasteiger partial charge in [0.1, 0.15) is 17.6 Å². The standard InChI is InChI=1S/C29H27N3O6S/c1-19(33)32-18-22(39(36,37)21-12-6-3-7-13-21)17-25(32)28(35)30-24(16-20-10-4-2-5-11-20)27(34)29-31-23-14-8-9-15-26(23)38-29/h2-15,22,24-25H,16-18H2,1H3,(H,30,35)/t22-,24?,25+/m1/s1. The van der Waals surface area contributed by atoms with E-state index in [0.29, 0.717) is 11.1 Å². The first-order valence-corrected chi connectivity index (χ1v) is 14.1. The van der Waals surface area contributed by atoms with Crippen LogP contribution in [-0.4, -0.2) is 59.8 Å². The molecule has 1 aliphatic rings. The van der Waals surface area contributed by atoms with Gasteiger partial charge in [0, 0.05) is 19.9 Å². The van der Waals surface area contributed by atoms with Crippen molar-refractivity contribution in [3.63, 3.8) is 0 Å². The third-order valence-electron chi connectivity index (χ3n) is 6.90. The van der Waals surface area contributed by atoms with Crippen LogP contribution in [0.1, 0.15) is 29.6 Å². The number of rotatable bonds is 8. The van der Waals surface area contributed by atoms with Crippen molar-refractivity contribution in [3.8, 4) is 0 Å². The molecule has 2 amide bonds. The smallest absolute Gasteiger partial charge is 0.266 e. The minimum atomic E-state index is -3.79. The number of fused-ring (bicyclic) bond motifs is 1. The molecule has 0 aliphatic carbocycles. The molecule has 0 spiro atoms. The molecule has 0 bridgehead atoms. The number of ketones is 1. The maximum absolute atomic E-state index is 13.6. The summed E-state index contributed by atoms with van der Waals surface area (Å²) in [6, 6.07) is 22.0. The van der Waals surface area contributed by atoms with Crippen molar-refractivity contribution in [2.75, 3.05) is 6.54 Å². The van der Waals surface area contributed by atoms with Gasteiger partial charge in [-0.2, -0.15) is 0 Å². The lowest BCUT2D eigenvalue weighted by Crippen LogP contribution is -2.51. The molecule has 1 N–H and O–H groups in total. The molecule has 1 aromatic heterocycles. The molecule has 5 rings (SSSR count). The molecule has 0 radical (unpaired) electrons. The zero-order valence-electron chi connectivity index (χ0n) is 21.2. The number of para-hydroxylation sites is 2.